The molecule has 2 aromatic carbocycles. The summed E-state index contributed by atoms with van der Waals surface area (Å²) in [4.78, 5) is 12.6. The van der Waals surface area contributed by atoms with Gasteiger partial charge < -0.3 is 0 Å². The summed E-state index contributed by atoms with van der Waals surface area (Å²) in [6, 6.07) is 15.8. The van der Waals surface area contributed by atoms with Crippen LogP contribution in [0.3, 0.4) is 0 Å². The molecule has 0 saturated heterocycles. The van der Waals surface area contributed by atoms with E-state index in [1.165, 1.54) is 16.0 Å². The van der Waals surface area contributed by atoms with Crippen molar-refractivity contribution in [1.82, 2.24) is 5.43 Å². The molecule has 2 aromatic rings. The predicted molar refractivity (Wildman–Crippen MR) is 78.8 cm³/mol. The van der Waals surface area contributed by atoms with Crippen LogP contribution in [0.25, 0.3) is 0 Å². The minimum atomic E-state index is -0.266. The van der Waals surface area contributed by atoms with Gasteiger partial charge in [0.25, 0.3) is 5.91 Å². The number of carbonyl (C=O) groups is 1. The Bertz CT molecular complexity index is 567. The molecule has 0 unspecified atom stereocenters. The fourth-order valence-electron chi connectivity index (χ4n) is 1.72. The molecule has 0 aliphatic rings. The lowest BCUT2D eigenvalue weighted by Crippen LogP contribution is -2.29. The summed E-state index contributed by atoms with van der Waals surface area (Å²) in [6.45, 7) is 2.11. The molecule has 3 N–H and O–H groups in total. The molecule has 98 valence electrons. The van der Waals surface area contributed by atoms with Gasteiger partial charge in [-0.1, -0.05) is 30.3 Å². The van der Waals surface area contributed by atoms with Crippen LogP contribution >= 0.6 is 11.8 Å². The van der Waals surface area contributed by atoms with Crippen molar-refractivity contribution in [2.45, 2.75) is 17.6 Å². The number of hydrogen-bond acceptors (Lipinski definition) is 3. The Morgan fingerprint density at radius 2 is 1.84 bits per heavy atom. The van der Waals surface area contributed by atoms with Crippen LogP contribution in [0.2, 0.25) is 0 Å². The van der Waals surface area contributed by atoms with Crippen molar-refractivity contribution < 1.29 is 4.79 Å². The van der Waals surface area contributed by atoms with Crippen molar-refractivity contribution in [3.63, 3.8) is 0 Å². The molecule has 0 radical (unpaired) electrons. The molecule has 0 aliphatic carbocycles. The molecule has 0 spiro atoms. The van der Waals surface area contributed by atoms with E-state index in [1.807, 2.05) is 24.3 Å². The van der Waals surface area contributed by atoms with Crippen molar-refractivity contribution in [3.8, 4) is 0 Å². The summed E-state index contributed by atoms with van der Waals surface area (Å²) in [7, 11) is 0. The number of hydrazine groups is 1. The molecule has 0 aromatic heterocycles. The number of rotatable bonds is 4. The van der Waals surface area contributed by atoms with Crippen LogP contribution in [0.1, 0.15) is 21.5 Å². The maximum Gasteiger partial charge on any atom is 0.265 e. The number of aryl methyl sites for hydroxylation is 1. The molecule has 19 heavy (non-hydrogen) atoms. The Labute approximate surface area is 117 Å². The molecular formula is C15H16N2OS. The number of carbonyl (C=O) groups excluding carboxylic acids is 1. The molecule has 1 amide bonds. The van der Waals surface area contributed by atoms with E-state index in [1.54, 1.807) is 23.9 Å². The molecule has 0 aliphatic heterocycles. The van der Waals surface area contributed by atoms with Gasteiger partial charge in [0.15, 0.2) is 0 Å². The number of amides is 1. The van der Waals surface area contributed by atoms with E-state index >= 15 is 0 Å². The maximum absolute atomic E-state index is 11.3. The Kier molecular flexibility index (Phi) is 4.60. The van der Waals surface area contributed by atoms with Crippen molar-refractivity contribution >= 4 is 17.7 Å². The van der Waals surface area contributed by atoms with Gasteiger partial charge in [-0.2, -0.15) is 0 Å². The fourth-order valence-corrected chi connectivity index (χ4v) is 2.70. The van der Waals surface area contributed by atoms with Gasteiger partial charge >= 0.3 is 0 Å². The molecule has 2 rings (SSSR count). The molecule has 3 nitrogen and oxygen atoms in total. The molecule has 0 atom stereocenters. The van der Waals surface area contributed by atoms with Crippen molar-refractivity contribution in [1.29, 1.82) is 0 Å². The van der Waals surface area contributed by atoms with E-state index in [2.05, 4.69) is 24.5 Å². The van der Waals surface area contributed by atoms with E-state index in [4.69, 9.17) is 5.84 Å². The number of nitrogens with one attached hydrogen (secondary N) is 1. The molecule has 4 heteroatoms. The van der Waals surface area contributed by atoms with Crippen LogP contribution in [0.4, 0.5) is 0 Å². The minimum absolute atomic E-state index is 0.266. The Morgan fingerprint density at radius 3 is 2.47 bits per heavy atom. The summed E-state index contributed by atoms with van der Waals surface area (Å²) in [5.41, 5.74) is 5.16. The van der Waals surface area contributed by atoms with E-state index in [0.29, 0.717) is 5.56 Å². The summed E-state index contributed by atoms with van der Waals surface area (Å²) >= 11 is 1.79. The number of nitrogens with two attached hydrogens (primary N) is 1. The number of hydrogen-bond donors (Lipinski definition) is 2. The van der Waals surface area contributed by atoms with Crippen molar-refractivity contribution in [2.75, 3.05) is 0 Å². The normalized spacial score (nSPS) is 10.2. The van der Waals surface area contributed by atoms with Crippen LogP contribution in [-0.2, 0) is 5.75 Å². The third-order valence-corrected chi connectivity index (χ3v) is 4.08. The van der Waals surface area contributed by atoms with Gasteiger partial charge in [0.05, 0.1) is 0 Å². The fraction of sp³-hybridized carbons (Fsp3) is 0.133. The minimum Gasteiger partial charge on any atom is -0.290 e. The van der Waals surface area contributed by atoms with Crippen LogP contribution in [0, 0.1) is 6.92 Å². The van der Waals surface area contributed by atoms with Crippen LogP contribution in [0.5, 0.6) is 0 Å². The molecule has 0 fully saturated rings. The second-order valence-electron chi connectivity index (χ2n) is 4.22. The topological polar surface area (TPSA) is 55.1 Å². The van der Waals surface area contributed by atoms with Crippen LogP contribution < -0.4 is 11.3 Å². The predicted octanol–water partition coefficient (Wildman–Crippen LogP) is 2.89. The quantitative estimate of drug-likeness (QED) is 0.389. The first kappa shape index (κ1) is 13.6. The summed E-state index contributed by atoms with van der Waals surface area (Å²) in [5, 5.41) is 0. The highest BCUT2D eigenvalue weighted by molar-refractivity contribution is 7.98. The Morgan fingerprint density at radius 1 is 1.16 bits per heavy atom. The summed E-state index contributed by atoms with van der Waals surface area (Å²) in [6.07, 6.45) is 0. The third kappa shape index (κ3) is 3.59. The molecular weight excluding hydrogens is 256 g/mol. The van der Waals surface area contributed by atoms with Crippen LogP contribution in [-0.4, -0.2) is 5.91 Å². The van der Waals surface area contributed by atoms with Gasteiger partial charge in [0.2, 0.25) is 0 Å². The van der Waals surface area contributed by atoms with E-state index in [9.17, 15) is 4.79 Å². The average molecular weight is 272 g/mol. The lowest BCUT2D eigenvalue weighted by atomic mass is 10.1. The van der Waals surface area contributed by atoms with Crippen molar-refractivity contribution in [3.05, 3.63) is 65.2 Å². The zero-order valence-corrected chi connectivity index (χ0v) is 11.5. The average Bonchev–Trinajstić information content (AvgIpc) is 2.46. The smallest absolute Gasteiger partial charge is 0.265 e. The zero-order chi connectivity index (χ0) is 13.7. The zero-order valence-electron chi connectivity index (χ0n) is 10.7. The first-order valence-corrected chi connectivity index (χ1v) is 6.97. The van der Waals surface area contributed by atoms with Gasteiger partial charge in [0, 0.05) is 16.2 Å². The lowest BCUT2D eigenvalue weighted by Gasteiger charge is -2.06. The standard InChI is InChI=1S/C15H16N2OS/c1-11-4-2-3-5-14(11)19-10-12-6-8-13(9-7-12)15(18)17-16/h2-9H,10,16H2,1H3,(H,17,18). The molecule has 0 bridgehead atoms. The second-order valence-corrected chi connectivity index (χ2v) is 5.24. The number of benzene rings is 2. The largest absolute Gasteiger partial charge is 0.290 e. The number of thioether (sulfide) groups is 1. The van der Waals surface area contributed by atoms with Crippen LogP contribution in [0.15, 0.2) is 53.4 Å². The van der Waals surface area contributed by atoms with Gasteiger partial charge in [-0.05, 0) is 36.2 Å². The van der Waals surface area contributed by atoms with E-state index in [0.717, 1.165) is 5.75 Å². The van der Waals surface area contributed by atoms with E-state index < -0.39 is 0 Å². The van der Waals surface area contributed by atoms with Gasteiger partial charge in [-0.3, -0.25) is 10.2 Å². The maximum atomic E-state index is 11.3. The first-order chi connectivity index (χ1) is 9.20. The lowest BCUT2D eigenvalue weighted by molar-refractivity contribution is 0.0953. The van der Waals surface area contributed by atoms with Crippen molar-refractivity contribution in [2.24, 2.45) is 5.84 Å². The third-order valence-electron chi connectivity index (χ3n) is 2.84. The summed E-state index contributed by atoms with van der Waals surface area (Å²) < 4.78 is 0. The Hall–Kier alpha value is -1.78. The highest BCUT2D eigenvalue weighted by Gasteiger charge is 2.03. The van der Waals surface area contributed by atoms with E-state index in [-0.39, 0.29) is 5.91 Å². The number of nitrogen functional groups attached to an aromatic ring is 1. The van der Waals surface area contributed by atoms with Gasteiger partial charge in [0.1, 0.15) is 0 Å². The second kappa shape index (κ2) is 6.41. The Balaban J connectivity index is 2.01. The molecule has 0 saturated carbocycles. The van der Waals surface area contributed by atoms with Gasteiger partial charge in [-0.15, -0.1) is 11.8 Å². The summed E-state index contributed by atoms with van der Waals surface area (Å²) in [5.74, 6) is 5.71. The molecule has 0 heterocycles. The monoisotopic (exact) mass is 272 g/mol. The highest BCUT2D eigenvalue weighted by Crippen LogP contribution is 2.25. The highest BCUT2D eigenvalue weighted by atomic mass is 32.2. The SMILES string of the molecule is Cc1ccccc1SCc1ccc(C(=O)NN)cc1. The first-order valence-electron chi connectivity index (χ1n) is 5.99. The van der Waals surface area contributed by atoms with Gasteiger partial charge in [-0.25, -0.2) is 5.84 Å².